The van der Waals surface area contributed by atoms with Gasteiger partial charge in [-0.05, 0) is 57.0 Å². The molecule has 0 spiro atoms. The van der Waals surface area contributed by atoms with E-state index in [1.807, 2.05) is 18.2 Å². The predicted molar refractivity (Wildman–Crippen MR) is 132 cm³/mol. The number of aromatic nitrogens is 3. The van der Waals surface area contributed by atoms with Gasteiger partial charge in [-0.3, -0.25) is 0 Å². The van der Waals surface area contributed by atoms with Gasteiger partial charge in [-0.1, -0.05) is 11.6 Å². The third kappa shape index (κ3) is 4.39. The third-order valence-electron chi connectivity index (χ3n) is 6.69. The predicted octanol–water partition coefficient (Wildman–Crippen LogP) is 5.17. The number of hydrogen-bond acceptors (Lipinski definition) is 6. The zero-order valence-corrected chi connectivity index (χ0v) is 20.0. The Morgan fingerprint density at radius 3 is 2.50 bits per heavy atom. The van der Waals surface area contributed by atoms with Gasteiger partial charge in [0, 0.05) is 56.1 Å². The summed E-state index contributed by atoms with van der Waals surface area (Å²) in [6.07, 6.45) is 3.91. The molecule has 3 aromatic rings. The van der Waals surface area contributed by atoms with Crippen LogP contribution in [0.1, 0.15) is 26.7 Å². The summed E-state index contributed by atoms with van der Waals surface area (Å²) < 4.78 is 27.6. The summed E-state index contributed by atoms with van der Waals surface area (Å²) in [4.78, 5) is 20.8. The van der Waals surface area contributed by atoms with Crippen molar-refractivity contribution in [1.82, 2.24) is 15.0 Å². The van der Waals surface area contributed by atoms with Crippen LogP contribution in [0.25, 0.3) is 11.3 Å². The maximum absolute atomic E-state index is 14.0. The van der Waals surface area contributed by atoms with E-state index in [2.05, 4.69) is 33.5 Å². The summed E-state index contributed by atoms with van der Waals surface area (Å²) in [7, 11) is 0. The molecule has 2 aliphatic heterocycles. The number of nitrogens with zero attached hydrogens (tertiary/aromatic N) is 6. The van der Waals surface area contributed by atoms with Crippen molar-refractivity contribution in [2.24, 2.45) is 0 Å². The zero-order chi connectivity index (χ0) is 23.8. The molecule has 9 heteroatoms. The van der Waals surface area contributed by atoms with Gasteiger partial charge in [0.1, 0.15) is 11.6 Å². The van der Waals surface area contributed by atoms with E-state index in [1.54, 1.807) is 12.3 Å². The van der Waals surface area contributed by atoms with Crippen LogP contribution in [0.15, 0.2) is 42.6 Å². The normalized spacial score (nSPS) is 20.8. The Morgan fingerprint density at radius 2 is 1.79 bits per heavy atom. The van der Waals surface area contributed by atoms with Crippen LogP contribution in [0.2, 0.25) is 5.02 Å². The molecule has 0 N–H and O–H groups in total. The smallest absolute Gasteiger partial charge is 0.228 e. The fourth-order valence-electron chi connectivity index (χ4n) is 4.83. The fourth-order valence-corrected chi connectivity index (χ4v) is 5.07. The molecule has 2 aliphatic rings. The molecule has 5 rings (SSSR count). The van der Waals surface area contributed by atoms with Crippen molar-refractivity contribution in [2.75, 3.05) is 40.9 Å². The molecule has 1 aromatic carbocycles. The van der Waals surface area contributed by atoms with E-state index in [4.69, 9.17) is 21.6 Å². The van der Waals surface area contributed by atoms with Crippen molar-refractivity contribution < 1.29 is 8.78 Å². The zero-order valence-electron chi connectivity index (χ0n) is 19.3. The minimum absolute atomic E-state index is 0.128. The van der Waals surface area contributed by atoms with Crippen LogP contribution in [0.4, 0.5) is 26.4 Å². The number of anilines is 3. The van der Waals surface area contributed by atoms with Gasteiger partial charge in [0.15, 0.2) is 11.6 Å². The van der Waals surface area contributed by atoms with Gasteiger partial charge in [-0.15, -0.1) is 0 Å². The molecule has 0 unspecified atom stereocenters. The molecular weight excluding hydrogens is 458 g/mol. The summed E-state index contributed by atoms with van der Waals surface area (Å²) in [6, 6.07) is 9.90. The average molecular weight is 485 g/mol. The van der Waals surface area contributed by atoms with Crippen molar-refractivity contribution in [1.29, 1.82) is 0 Å². The Balaban J connectivity index is 1.49. The lowest BCUT2D eigenvalue weighted by atomic mass is 10.1. The number of hydrogen-bond donors (Lipinski definition) is 0. The molecule has 0 saturated carbocycles. The number of halogens is 3. The molecule has 178 valence electrons. The van der Waals surface area contributed by atoms with E-state index in [9.17, 15) is 8.78 Å². The Bertz CT molecular complexity index is 1190. The van der Waals surface area contributed by atoms with Crippen LogP contribution in [0.5, 0.6) is 0 Å². The Kier molecular flexibility index (Phi) is 6.25. The first kappa shape index (κ1) is 22.8. The van der Waals surface area contributed by atoms with E-state index in [0.717, 1.165) is 56.7 Å². The second kappa shape index (κ2) is 9.33. The van der Waals surface area contributed by atoms with Crippen molar-refractivity contribution in [3.63, 3.8) is 0 Å². The summed E-state index contributed by atoms with van der Waals surface area (Å²) in [6.45, 7) is 7.37. The molecule has 2 saturated heterocycles. The highest BCUT2D eigenvalue weighted by Crippen LogP contribution is 2.32. The van der Waals surface area contributed by atoms with Gasteiger partial charge in [-0.25, -0.2) is 18.7 Å². The van der Waals surface area contributed by atoms with Crippen molar-refractivity contribution >= 4 is 29.2 Å². The average Bonchev–Trinajstić information content (AvgIpc) is 3.26. The van der Waals surface area contributed by atoms with Gasteiger partial charge in [0.25, 0.3) is 0 Å². The van der Waals surface area contributed by atoms with E-state index >= 15 is 0 Å². The lowest BCUT2D eigenvalue weighted by molar-refractivity contribution is 0.509. The van der Waals surface area contributed by atoms with Gasteiger partial charge in [0.2, 0.25) is 5.95 Å². The molecule has 0 aliphatic carbocycles. The molecule has 34 heavy (non-hydrogen) atoms. The van der Waals surface area contributed by atoms with Crippen molar-refractivity contribution in [3.8, 4) is 11.3 Å². The maximum atomic E-state index is 14.0. The lowest BCUT2D eigenvalue weighted by Crippen LogP contribution is -2.52. The SMILES string of the molecule is C[C@@H]1CN(c2ncccc2Cl)CCN1c1cc(-c2ccc(F)c(F)c2)nc(N2CCC[C@H]2C)n1. The first-order chi connectivity index (χ1) is 16.4. The number of piperazine rings is 1. The summed E-state index contributed by atoms with van der Waals surface area (Å²) in [5.74, 6) is 0.437. The molecule has 2 atom stereocenters. The fraction of sp³-hybridized carbons (Fsp3) is 0.400. The molecule has 0 radical (unpaired) electrons. The van der Waals surface area contributed by atoms with Crippen molar-refractivity contribution in [2.45, 2.75) is 38.8 Å². The molecule has 6 nitrogen and oxygen atoms in total. The largest absolute Gasteiger partial charge is 0.352 e. The summed E-state index contributed by atoms with van der Waals surface area (Å²) in [5, 5.41) is 0.635. The van der Waals surface area contributed by atoms with Crippen molar-refractivity contribution in [3.05, 3.63) is 59.3 Å². The quantitative estimate of drug-likeness (QED) is 0.509. The second-order valence-corrected chi connectivity index (χ2v) is 9.43. The monoisotopic (exact) mass is 484 g/mol. The second-order valence-electron chi connectivity index (χ2n) is 9.02. The van der Waals surface area contributed by atoms with Gasteiger partial charge < -0.3 is 14.7 Å². The molecular formula is C25H27ClF2N6. The van der Waals surface area contributed by atoms with Gasteiger partial charge in [-0.2, -0.15) is 4.98 Å². The minimum atomic E-state index is -0.886. The Hall–Kier alpha value is -3.00. The van der Waals surface area contributed by atoms with Crippen LogP contribution in [-0.2, 0) is 0 Å². The number of benzene rings is 1. The topological polar surface area (TPSA) is 48.4 Å². The van der Waals surface area contributed by atoms with E-state index in [0.29, 0.717) is 28.3 Å². The Labute approximate surface area is 203 Å². The van der Waals surface area contributed by atoms with Crippen LogP contribution in [0, 0.1) is 11.6 Å². The Morgan fingerprint density at radius 1 is 0.941 bits per heavy atom. The molecule has 2 aromatic heterocycles. The molecule has 0 amide bonds. The number of rotatable bonds is 4. The highest BCUT2D eigenvalue weighted by molar-refractivity contribution is 6.32. The first-order valence-electron chi connectivity index (χ1n) is 11.6. The minimum Gasteiger partial charge on any atom is -0.352 e. The summed E-state index contributed by atoms with van der Waals surface area (Å²) >= 11 is 6.38. The van der Waals surface area contributed by atoms with Crippen LogP contribution >= 0.6 is 11.6 Å². The highest BCUT2D eigenvalue weighted by Gasteiger charge is 2.29. The molecule has 4 heterocycles. The van der Waals surface area contributed by atoms with E-state index in [-0.39, 0.29) is 6.04 Å². The van der Waals surface area contributed by atoms with E-state index in [1.165, 1.54) is 6.07 Å². The standard InChI is InChI=1S/C25H27ClF2N6/c1-16-5-4-10-34(16)25-30-22(18-7-8-20(27)21(28)13-18)14-23(31-25)33-12-11-32(15-17(33)2)24-19(26)6-3-9-29-24/h3,6-9,13-14,16-17H,4-5,10-12,15H2,1-2H3/t16-,17-/m1/s1. The third-order valence-corrected chi connectivity index (χ3v) is 6.98. The van der Waals surface area contributed by atoms with Crippen LogP contribution < -0.4 is 14.7 Å². The summed E-state index contributed by atoms with van der Waals surface area (Å²) in [5.41, 5.74) is 1.11. The molecule has 0 bridgehead atoms. The van der Waals surface area contributed by atoms with Gasteiger partial charge in [0.05, 0.1) is 10.7 Å². The van der Waals surface area contributed by atoms with Crippen LogP contribution in [0.3, 0.4) is 0 Å². The lowest BCUT2D eigenvalue weighted by Gasteiger charge is -2.41. The maximum Gasteiger partial charge on any atom is 0.228 e. The van der Waals surface area contributed by atoms with E-state index < -0.39 is 11.6 Å². The highest BCUT2D eigenvalue weighted by atomic mass is 35.5. The molecule has 2 fully saturated rings. The first-order valence-corrected chi connectivity index (χ1v) is 12.0. The van der Waals surface area contributed by atoms with Gasteiger partial charge >= 0.3 is 0 Å². The van der Waals surface area contributed by atoms with Crippen LogP contribution in [-0.4, -0.2) is 53.2 Å². The number of pyridine rings is 1.